The minimum absolute atomic E-state index is 0.219. The lowest BCUT2D eigenvalue weighted by atomic mass is 10.1. The fourth-order valence-electron chi connectivity index (χ4n) is 1.39. The summed E-state index contributed by atoms with van der Waals surface area (Å²) >= 11 is 0. The van der Waals surface area contributed by atoms with Crippen LogP contribution in [0.15, 0.2) is 29.2 Å². The first-order chi connectivity index (χ1) is 7.89. The van der Waals surface area contributed by atoms with E-state index in [-0.39, 0.29) is 12.5 Å². The Morgan fingerprint density at radius 2 is 1.82 bits per heavy atom. The molecule has 1 atom stereocenters. The average molecular weight is 252 g/mol. The monoisotopic (exact) mass is 252 g/mol. The molecule has 92 valence electrons. The van der Waals surface area contributed by atoms with E-state index >= 15 is 0 Å². The molecule has 5 heteroatoms. The predicted molar refractivity (Wildman–Crippen MR) is 65.9 cm³/mol. The molecular formula is C12H16N2O2S. The minimum atomic E-state index is -3.24. The number of nitriles is 1. The first-order valence-electron chi connectivity index (χ1n) is 5.36. The Morgan fingerprint density at radius 1 is 1.29 bits per heavy atom. The third-order valence-corrected chi connectivity index (χ3v) is 4.74. The van der Waals surface area contributed by atoms with Crippen molar-refractivity contribution in [2.24, 2.45) is 5.73 Å². The zero-order valence-corrected chi connectivity index (χ0v) is 10.7. The molecule has 0 spiro atoms. The number of rotatable bonds is 4. The van der Waals surface area contributed by atoms with Crippen LogP contribution in [0, 0.1) is 11.3 Å². The largest absolute Gasteiger partial charge is 0.323 e. The van der Waals surface area contributed by atoms with Gasteiger partial charge in [-0.1, -0.05) is 12.1 Å². The molecule has 0 saturated heterocycles. The van der Waals surface area contributed by atoms with Crippen molar-refractivity contribution in [1.29, 1.82) is 5.26 Å². The SMILES string of the molecule is CC(C)S(=O)(=O)c1ccc(C(N)CC#N)cc1. The Morgan fingerprint density at radius 3 is 2.24 bits per heavy atom. The summed E-state index contributed by atoms with van der Waals surface area (Å²) in [7, 11) is -3.24. The van der Waals surface area contributed by atoms with E-state index in [0.29, 0.717) is 4.90 Å². The molecule has 0 heterocycles. The average Bonchev–Trinajstić information content (AvgIpc) is 2.29. The van der Waals surface area contributed by atoms with Gasteiger partial charge < -0.3 is 5.73 Å². The standard InChI is InChI=1S/C12H16N2O2S/c1-9(2)17(15,16)11-5-3-10(4-6-11)12(14)7-8-13/h3-6,9,12H,7,14H2,1-2H3. The van der Waals surface area contributed by atoms with Crippen molar-refractivity contribution in [3.05, 3.63) is 29.8 Å². The number of sulfone groups is 1. The fraction of sp³-hybridized carbons (Fsp3) is 0.417. The first-order valence-corrected chi connectivity index (χ1v) is 6.90. The molecule has 0 fully saturated rings. The van der Waals surface area contributed by atoms with E-state index in [1.807, 2.05) is 6.07 Å². The molecule has 0 aliphatic carbocycles. The lowest BCUT2D eigenvalue weighted by molar-refractivity contribution is 0.587. The molecule has 1 rings (SSSR count). The van der Waals surface area contributed by atoms with Crippen LogP contribution in [0.5, 0.6) is 0 Å². The summed E-state index contributed by atoms with van der Waals surface area (Å²) in [5, 5.41) is 8.09. The van der Waals surface area contributed by atoms with Crippen LogP contribution in [0.2, 0.25) is 0 Å². The molecule has 0 amide bonds. The molecule has 1 aromatic carbocycles. The highest BCUT2D eigenvalue weighted by atomic mass is 32.2. The van der Waals surface area contributed by atoms with E-state index in [1.165, 1.54) is 0 Å². The van der Waals surface area contributed by atoms with Crippen molar-refractivity contribution in [3.63, 3.8) is 0 Å². The van der Waals surface area contributed by atoms with Gasteiger partial charge in [-0.15, -0.1) is 0 Å². The summed E-state index contributed by atoms with van der Waals surface area (Å²) < 4.78 is 23.7. The van der Waals surface area contributed by atoms with Gasteiger partial charge in [-0.3, -0.25) is 0 Å². The predicted octanol–water partition coefficient (Wildman–Crippen LogP) is 1.78. The molecular weight excluding hydrogens is 236 g/mol. The molecule has 17 heavy (non-hydrogen) atoms. The molecule has 0 bridgehead atoms. The van der Waals surface area contributed by atoms with E-state index in [0.717, 1.165) is 5.56 Å². The smallest absolute Gasteiger partial charge is 0.180 e. The number of nitrogens with two attached hydrogens (primary N) is 1. The van der Waals surface area contributed by atoms with Crippen molar-refractivity contribution in [2.75, 3.05) is 0 Å². The van der Waals surface area contributed by atoms with Crippen molar-refractivity contribution in [3.8, 4) is 6.07 Å². The van der Waals surface area contributed by atoms with Gasteiger partial charge >= 0.3 is 0 Å². The van der Waals surface area contributed by atoms with Crippen LogP contribution in [0.25, 0.3) is 0 Å². The molecule has 0 aliphatic rings. The number of nitrogens with zero attached hydrogens (tertiary/aromatic N) is 1. The van der Waals surface area contributed by atoms with E-state index in [1.54, 1.807) is 38.1 Å². The van der Waals surface area contributed by atoms with E-state index < -0.39 is 15.1 Å². The Labute approximate surface area is 102 Å². The van der Waals surface area contributed by atoms with Gasteiger partial charge in [0.1, 0.15) is 0 Å². The summed E-state index contributed by atoms with van der Waals surface area (Å²) in [4.78, 5) is 0.292. The van der Waals surface area contributed by atoms with Crippen LogP contribution >= 0.6 is 0 Å². The van der Waals surface area contributed by atoms with Crippen molar-refractivity contribution >= 4 is 9.84 Å². The van der Waals surface area contributed by atoms with Crippen molar-refractivity contribution < 1.29 is 8.42 Å². The second kappa shape index (κ2) is 5.30. The molecule has 0 aliphatic heterocycles. The summed E-state index contributed by atoms with van der Waals surface area (Å²) in [5.74, 6) is 0. The first kappa shape index (κ1) is 13.7. The van der Waals surface area contributed by atoms with Crippen molar-refractivity contribution in [2.45, 2.75) is 36.5 Å². The topological polar surface area (TPSA) is 83.9 Å². The quantitative estimate of drug-likeness (QED) is 0.885. The maximum atomic E-state index is 11.9. The molecule has 0 saturated carbocycles. The second-order valence-electron chi connectivity index (χ2n) is 4.13. The summed E-state index contributed by atoms with van der Waals surface area (Å²) in [6.45, 7) is 3.29. The van der Waals surface area contributed by atoms with Crippen LogP contribution in [-0.2, 0) is 9.84 Å². The normalized spacial score (nSPS) is 13.4. The zero-order valence-electron chi connectivity index (χ0n) is 9.92. The minimum Gasteiger partial charge on any atom is -0.323 e. The van der Waals surface area contributed by atoms with Gasteiger partial charge in [0.2, 0.25) is 0 Å². The molecule has 2 N–H and O–H groups in total. The van der Waals surface area contributed by atoms with Crippen LogP contribution in [0.3, 0.4) is 0 Å². The lowest BCUT2D eigenvalue weighted by Gasteiger charge is -2.11. The third kappa shape index (κ3) is 3.05. The van der Waals surface area contributed by atoms with Gasteiger partial charge in [-0.05, 0) is 31.5 Å². The van der Waals surface area contributed by atoms with Gasteiger partial charge in [0.15, 0.2) is 9.84 Å². The van der Waals surface area contributed by atoms with Gasteiger partial charge in [-0.2, -0.15) is 5.26 Å². The Bertz CT molecular complexity index is 512. The van der Waals surface area contributed by atoms with Crippen LogP contribution in [-0.4, -0.2) is 13.7 Å². The molecule has 0 aromatic heterocycles. The number of hydrogen-bond acceptors (Lipinski definition) is 4. The lowest BCUT2D eigenvalue weighted by Crippen LogP contribution is -2.14. The maximum Gasteiger partial charge on any atom is 0.180 e. The highest BCUT2D eigenvalue weighted by Gasteiger charge is 2.19. The summed E-state index contributed by atoms with van der Waals surface area (Å²) in [6.07, 6.45) is 0.219. The highest BCUT2D eigenvalue weighted by molar-refractivity contribution is 7.92. The van der Waals surface area contributed by atoms with Crippen LogP contribution in [0.4, 0.5) is 0 Å². The fourth-order valence-corrected chi connectivity index (χ4v) is 2.45. The van der Waals surface area contributed by atoms with Crippen LogP contribution < -0.4 is 5.73 Å². The van der Waals surface area contributed by atoms with Gasteiger partial charge in [0.25, 0.3) is 0 Å². The highest BCUT2D eigenvalue weighted by Crippen LogP contribution is 2.19. The van der Waals surface area contributed by atoms with Gasteiger partial charge in [-0.25, -0.2) is 8.42 Å². The Balaban J connectivity index is 3.01. The Hall–Kier alpha value is -1.38. The Kier molecular flexibility index (Phi) is 4.27. The molecule has 0 radical (unpaired) electrons. The maximum absolute atomic E-state index is 11.9. The number of hydrogen-bond donors (Lipinski definition) is 1. The van der Waals surface area contributed by atoms with Gasteiger partial charge in [0.05, 0.1) is 22.6 Å². The van der Waals surface area contributed by atoms with Gasteiger partial charge in [0, 0.05) is 6.04 Å². The number of benzene rings is 1. The van der Waals surface area contributed by atoms with E-state index in [9.17, 15) is 8.42 Å². The zero-order chi connectivity index (χ0) is 13.1. The van der Waals surface area contributed by atoms with E-state index in [2.05, 4.69) is 0 Å². The molecule has 4 nitrogen and oxygen atoms in total. The van der Waals surface area contributed by atoms with Crippen molar-refractivity contribution in [1.82, 2.24) is 0 Å². The second-order valence-corrected chi connectivity index (χ2v) is 6.64. The van der Waals surface area contributed by atoms with E-state index in [4.69, 9.17) is 11.0 Å². The third-order valence-electron chi connectivity index (χ3n) is 2.57. The van der Waals surface area contributed by atoms with Crippen LogP contribution in [0.1, 0.15) is 31.9 Å². The summed E-state index contributed by atoms with van der Waals surface area (Å²) in [6, 6.07) is 8.04. The molecule has 1 unspecified atom stereocenters. The summed E-state index contributed by atoms with van der Waals surface area (Å²) in [5.41, 5.74) is 6.52. The molecule has 1 aromatic rings.